The Morgan fingerprint density at radius 2 is 1.38 bits per heavy atom. The van der Waals surface area contributed by atoms with Gasteiger partial charge in [0.25, 0.3) is 6.47 Å². The maximum atomic E-state index is 11.7. The molecule has 0 radical (unpaired) electrons. The van der Waals surface area contributed by atoms with E-state index in [0.29, 0.717) is 23.3 Å². The van der Waals surface area contributed by atoms with Crippen molar-refractivity contribution < 1.29 is 19.4 Å². The highest BCUT2D eigenvalue weighted by molar-refractivity contribution is 5.99. The summed E-state index contributed by atoms with van der Waals surface area (Å²) in [6, 6.07) is 21.5. The van der Waals surface area contributed by atoms with E-state index in [4.69, 9.17) is 4.74 Å². The monoisotopic (exact) mass is 318 g/mol. The van der Waals surface area contributed by atoms with Gasteiger partial charge in [-0.25, -0.2) is 4.79 Å². The molecule has 4 heteroatoms. The average Bonchev–Trinajstić information content (AvgIpc) is 2.63. The largest absolute Gasteiger partial charge is 0.478 e. The number of ether oxygens (including phenoxy) is 1. The van der Waals surface area contributed by atoms with Crippen molar-refractivity contribution in [1.29, 1.82) is 0 Å². The van der Waals surface area contributed by atoms with Crippen molar-refractivity contribution in [3.8, 4) is 28.0 Å². The fourth-order valence-electron chi connectivity index (χ4n) is 2.61. The molecule has 1 N–H and O–H groups in total. The molecule has 0 aliphatic heterocycles. The van der Waals surface area contributed by atoms with Crippen molar-refractivity contribution in [3.63, 3.8) is 0 Å². The number of hydrogen-bond acceptors (Lipinski definition) is 3. The van der Waals surface area contributed by atoms with Crippen molar-refractivity contribution in [3.05, 3.63) is 78.4 Å². The first-order valence-electron chi connectivity index (χ1n) is 7.33. The number of aromatic carboxylic acids is 1. The highest BCUT2D eigenvalue weighted by Gasteiger charge is 2.18. The predicted molar refractivity (Wildman–Crippen MR) is 91.0 cm³/mol. The zero-order chi connectivity index (χ0) is 16.9. The van der Waals surface area contributed by atoms with Crippen molar-refractivity contribution in [1.82, 2.24) is 0 Å². The molecule has 3 aromatic carbocycles. The van der Waals surface area contributed by atoms with Gasteiger partial charge in [-0.15, -0.1) is 0 Å². The minimum atomic E-state index is -1.04. The molecule has 0 atom stereocenters. The zero-order valence-electron chi connectivity index (χ0n) is 12.7. The van der Waals surface area contributed by atoms with Crippen LogP contribution in [0, 0.1) is 0 Å². The molecule has 0 saturated carbocycles. The lowest BCUT2D eigenvalue weighted by Gasteiger charge is -2.13. The van der Waals surface area contributed by atoms with Crippen LogP contribution in [0.3, 0.4) is 0 Å². The first-order valence-corrected chi connectivity index (χ1v) is 7.33. The highest BCUT2D eigenvalue weighted by Crippen LogP contribution is 2.37. The van der Waals surface area contributed by atoms with Gasteiger partial charge in [0.15, 0.2) is 0 Å². The normalized spacial score (nSPS) is 10.2. The molecule has 0 aromatic heterocycles. The Morgan fingerprint density at radius 1 is 0.833 bits per heavy atom. The molecule has 0 aliphatic carbocycles. The second kappa shape index (κ2) is 6.79. The van der Waals surface area contributed by atoms with Gasteiger partial charge in [0.1, 0.15) is 5.75 Å². The fourth-order valence-corrected chi connectivity index (χ4v) is 2.61. The standard InChI is InChI=1S/C20H14O4/c21-13-24-19-12-16(14-7-3-1-4-8-14)18(20(22)23)11-17(19)15-9-5-2-6-10-15/h1-13H,(H,22,23). The molecule has 3 rings (SSSR count). The Labute approximate surface area is 139 Å². The number of rotatable bonds is 5. The Balaban J connectivity index is 2.27. The zero-order valence-corrected chi connectivity index (χ0v) is 12.7. The number of hydrogen-bond donors (Lipinski definition) is 1. The third-order valence-electron chi connectivity index (χ3n) is 3.69. The summed E-state index contributed by atoms with van der Waals surface area (Å²) in [6.07, 6.45) is 0. The van der Waals surface area contributed by atoms with Crippen molar-refractivity contribution >= 4 is 12.4 Å². The Bertz CT molecular complexity index is 871. The lowest BCUT2D eigenvalue weighted by Crippen LogP contribution is -2.02. The molecule has 0 amide bonds. The molecular formula is C20H14O4. The third kappa shape index (κ3) is 3.03. The van der Waals surface area contributed by atoms with Gasteiger partial charge < -0.3 is 9.84 Å². The second-order valence-electron chi connectivity index (χ2n) is 5.15. The van der Waals surface area contributed by atoms with Crippen LogP contribution in [0.1, 0.15) is 10.4 Å². The topological polar surface area (TPSA) is 63.6 Å². The molecule has 0 unspecified atom stereocenters. The number of carboxylic acids is 1. The summed E-state index contributed by atoms with van der Waals surface area (Å²) in [6.45, 7) is 0.344. The number of carbonyl (C=O) groups is 2. The summed E-state index contributed by atoms with van der Waals surface area (Å²) in [5.74, 6) is -0.719. The van der Waals surface area contributed by atoms with Gasteiger partial charge in [0, 0.05) is 5.56 Å². The summed E-state index contributed by atoms with van der Waals surface area (Å²) in [5, 5.41) is 9.61. The average molecular weight is 318 g/mol. The predicted octanol–water partition coefficient (Wildman–Crippen LogP) is 4.25. The van der Waals surface area contributed by atoms with Crippen LogP contribution in [0.25, 0.3) is 22.3 Å². The number of carboxylic acid groups (broad SMARTS) is 1. The summed E-state index contributed by atoms with van der Waals surface area (Å²) < 4.78 is 5.11. The lowest BCUT2D eigenvalue weighted by molar-refractivity contribution is -0.120. The highest BCUT2D eigenvalue weighted by atomic mass is 16.5. The van der Waals surface area contributed by atoms with E-state index in [0.717, 1.165) is 11.1 Å². The molecule has 24 heavy (non-hydrogen) atoms. The van der Waals surface area contributed by atoms with Crippen LogP contribution in [0.5, 0.6) is 5.75 Å². The van der Waals surface area contributed by atoms with Crippen LogP contribution in [0.15, 0.2) is 72.8 Å². The van der Waals surface area contributed by atoms with E-state index in [-0.39, 0.29) is 5.56 Å². The van der Waals surface area contributed by atoms with E-state index in [1.54, 1.807) is 12.1 Å². The van der Waals surface area contributed by atoms with E-state index in [1.165, 1.54) is 0 Å². The molecule has 3 aromatic rings. The quantitative estimate of drug-likeness (QED) is 0.714. The van der Waals surface area contributed by atoms with Gasteiger partial charge >= 0.3 is 5.97 Å². The van der Waals surface area contributed by atoms with Crippen molar-refractivity contribution in [2.75, 3.05) is 0 Å². The SMILES string of the molecule is O=COc1cc(-c2ccccc2)c(C(=O)O)cc1-c1ccccc1. The summed E-state index contributed by atoms with van der Waals surface area (Å²) in [7, 11) is 0. The van der Waals surface area contributed by atoms with E-state index in [9.17, 15) is 14.7 Å². The van der Waals surface area contributed by atoms with Crippen LogP contribution in [0.2, 0.25) is 0 Å². The summed E-state index contributed by atoms with van der Waals surface area (Å²) in [5.41, 5.74) is 2.72. The maximum absolute atomic E-state index is 11.7. The van der Waals surface area contributed by atoms with Gasteiger partial charge in [-0.3, -0.25) is 4.79 Å². The molecule has 0 fully saturated rings. The summed E-state index contributed by atoms with van der Waals surface area (Å²) >= 11 is 0. The van der Waals surface area contributed by atoms with Gasteiger partial charge in [0.05, 0.1) is 5.56 Å². The van der Waals surface area contributed by atoms with E-state index in [1.807, 2.05) is 60.7 Å². The second-order valence-corrected chi connectivity index (χ2v) is 5.15. The van der Waals surface area contributed by atoms with Crippen LogP contribution >= 0.6 is 0 Å². The van der Waals surface area contributed by atoms with Crippen LogP contribution in [0.4, 0.5) is 0 Å². The Morgan fingerprint density at radius 3 is 1.88 bits per heavy atom. The van der Waals surface area contributed by atoms with Crippen LogP contribution in [-0.2, 0) is 4.79 Å². The van der Waals surface area contributed by atoms with Crippen LogP contribution in [-0.4, -0.2) is 17.5 Å². The molecule has 0 heterocycles. The smallest absolute Gasteiger partial charge is 0.336 e. The minimum Gasteiger partial charge on any atom is -0.478 e. The van der Waals surface area contributed by atoms with Crippen molar-refractivity contribution in [2.45, 2.75) is 0 Å². The van der Waals surface area contributed by atoms with Gasteiger partial charge in [-0.1, -0.05) is 60.7 Å². The van der Waals surface area contributed by atoms with E-state index >= 15 is 0 Å². The molecule has 0 spiro atoms. The fraction of sp³-hybridized carbons (Fsp3) is 0. The van der Waals surface area contributed by atoms with Crippen molar-refractivity contribution in [2.24, 2.45) is 0 Å². The first kappa shape index (κ1) is 15.5. The van der Waals surface area contributed by atoms with Gasteiger partial charge in [0.2, 0.25) is 0 Å². The van der Waals surface area contributed by atoms with Crippen LogP contribution < -0.4 is 4.74 Å². The maximum Gasteiger partial charge on any atom is 0.336 e. The third-order valence-corrected chi connectivity index (χ3v) is 3.69. The number of carbonyl (C=O) groups excluding carboxylic acids is 1. The molecule has 118 valence electrons. The number of benzene rings is 3. The Hall–Kier alpha value is -3.40. The Kier molecular flexibility index (Phi) is 4.38. The molecular weight excluding hydrogens is 304 g/mol. The molecule has 0 bridgehead atoms. The molecule has 0 saturated heterocycles. The van der Waals surface area contributed by atoms with Gasteiger partial charge in [-0.2, -0.15) is 0 Å². The molecule has 4 nitrogen and oxygen atoms in total. The molecule has 0 aliphatic rings. The minimum absolute atomic E-state index is 0.151. The van der Waals surface area contributed by atoms with Gasteiger partial charge in [-0.05, 0) is 28.8 Å². The lowest BCUT2D eigenvalue weighted by atomic mass is 9.94. The van der Waals surface area contributed by atoms with E-state index in [2.05, 4.69) is 0 Å². The summed E-state index contributed by atoms with van der Waals surface area (Å²) in [4.78, 5) is 22.6. The first-order chi connectivity index (χ1) is 11.7. The van der Waals surface area contributed by atoms with E-state index < -0.39 is 5.97 Å².